The van der Waals surface area contributed by atoms with Crippen molar-refractivity contribution in [1.82, 2.24) is 0 Å². The van der Waals surface area contributed by atoms with Gasteiger partial charge in [0.2, 0.25) is 5.91 Å². The van der Waals surface area contributed by atoms with Gasteiger partial charge in [0.25, 0.3) is 0 Å². The van der Waals surface area contributed by atoms with Crippen LogP contribution < -0.4 is 21.1 Å². The highest BCUT2D eigenvalue weighted by atomic mass is 16.5. The number of benzene rings is 2. The maximum Gasteiger partial charge on any atom is 0.221 e. The Hall–Kier alpha value is -3.02. The Labute approximate surface area is 160 Å². The smallest absolute Gasteiger partial charge is 0.221 e. The van der Waals surface area contributed by atoms with Crippen molar-refractivity contribution in [1.29, 1.82) is 0 Å². The van der Waals surface area contributed by atoms with Gasteiger partial charge in [-0.05, 0) is 42.2 Å². The number of carbonyl (C=O) groups excluding carboxylic acids is 1. The number of carbonyl (C=O) groups is 1. The predicted octanol–water partition coefficient (Wildman–Crippen LogP) is 3.96. The third-order valence-corrected chi connectivity index (χ3v) is 4.16. The van der Waals surface area contributed by atoms with E-state index < -0.39 is 0 Å². The van der Waals surface area contributed by atoms with Gasteiger partial charge in [0.1, 0.15) is 12.4 Å². The van der Waals surface area contributed by atoms with Crippen LogP contribution in [0.15, 0.2) is 53.5 Å². The molecule has 0 spiro atoms. The molecule has 0 aliphatic heterocycles. The molecule has 0 radical (unpaired) electrons. The first kappa shape index (κ1) is 20.3. The van der Waals surface area contributed by atoms with Gasteiger partial charge in [0.05, 0.1) is 6.54 Å². The van der Waals surface area contributed by atoms with Crippen LogP contribution in [0.4, 0.5) is 11.4 Å². The lowest BCUT2D eigenvalue weighted by atomic mass is 9.99. The van der Waals surface area contributed by atoms with Crippen LogP contribution >= 0.6 is 0 Å². The molecule has 0 heterocycles. The number of guanidine groups is 1. The molecule has 0 bridgehead atoms. The van der Waals surface area contributed by atoms with Crippen LogP contribution in [0.3, 0.4) is 0 Å². The quantitative estimate of drug-likeness (QED) is 0.374. The van der Waals surface area contributed by atoms with Crippen molar-refractivity contribution in [3.8, 4) is 5.75 Å². The molecule has 0 aliphatic rings. The minimum absolute atomic E-state index is 0.118. The van der Waals surface area contributed by atoms with E-state index in [0.717, 1.165) is 12.1 Å². The fraction of sp³-hybridized carbons (Fsp3) is 0.333. The van der Waals surface area contributed by atoms with Gasteiger partial charge in [-0.15, -0.1) is 0 Å². The number of hydrogen-bond acceptors (Lipinski definition) is 3. The van der Waals surface area contributed by atoms with Crippen LogP contribution in [0.25, 0.3) is 0 Å². The van der Waals surface area contributed by atoms with Gasteiger partial charge in [-0.2, -0.15) is 0 Å². The summed E-state index contributed by atoms with van der Waals surface area (Å²) in [4.78, 5) is 15.4. The maximum atomic E-state index is 11.1. The molecule has 2 rings (SSSR count). The van der Waals surface area contributed by atoms with Crippen molar-refractivity contribution in [2.45, 2.75) is 33.1 Å². The molecular weight excluding hydrogens is 340 g/mol. The number of rotatable bonds is 8. The van der Waals surface area contributed by atoms with Crippen LogP contribution in [-0.2, 0) is 4.79 Å². The summed E-state index contributed by atoms with van der Waals surface area (Å²) in [5, 5.41) is 5.80. The molecule has 2 aromatic rings. The zero-order valence-electron chi connectivity index (χ0n) is 16.2. The van der Waals surface area contributed by atoms with E-state index in [1.54, 1.807) is 12.1 Å². The Bertz CT molecular complexity index is 772. The van der Waals surface area contributed by atoms with Gasteiger partial charge in [0.15, 0.2) is 5.96 Å². The Morgan fingerprint density at radius 3 is 2.56 bits per heavy atom. The van der Waals surface area contributed by atoms with E-state index >= 15 is 0 Å². The lowest BCUT2D eigenvalue weighted by Crippen LogP contribution is -2.23. The molecule has 6 nitrogen and oxygen atoms in total. The summed E-state index contributed by atoms with van der Waals surface area (Å²) in [5.74, 6) is 1.45. The van der Waals surface area contributed by atoms with E-state index in [1.165, 1.54) is 12.5 Å². The molecule has 0 saturated carbocycles. The topological polar surface area (TPSA) is 88.7 Å². The molecule has 4 N–H and O–H groups in total. The summed E-state index contributed by atoms with van der Waals surface area (Å²) < 4.78 is 5.64. The molecule has 6 heteroatoms. The number of ether oxygens (including phenoxy) is 1. The first-order chi connectivity index (χ1) is 13.0. The zero-order chi connectivity index (χ0) is 19.6. The van der Waals surface area contributed by atoms with Crippen LogP contribution in [0.5, 0.6) is 5.75 Å². The highest BCUT2D eigenvalue weighted by Crippen LogP contribution is 2.20. The van der Waals surface area contributed by atoms with Crippen LogP contribution in [-0.4, -0.2) is 25.0 Å². The molecule has 1 amide bonds. The maximum absolute atomic E-state index is 11.1. The number of amides is 1. The van der Waals surface area contributed by atoms with Crippen molar-refractivity contribution in [2.75, 3.05) is 23.8 Å². The zero-order valence-corrected chi connectivity index (χ0v) is 16.2. The predicted molar refractivity (Wildman–Crippen MR) is 112 cm³/mol. The Kier molecular flexibility index (Phi) is 7.67. The van der Waals surface area contributed by atoms with E-state index in [1.807, 2.05) is 24.3 Å². The highest BCUT2D eigenvalue weighted by molar-refractivity contribution is 5.92. The number of anilines is 2. The normalized spacial score (nSPS) is 12.3. The number of nitrogens with two attached hydrogens (primary N) is 1. The molecule has 2 aromatic carbocycles. The van der Waals surface area contributed by atoms with E-state index in [4.69, 9.17) is 10.5 Å². The second-order valence-electron chi connectivity index (χ2n) is 6.38. The standard InChI is InChI=1S/C21H28N4O2/c1-4-15(2)17-8-10-18(11-9-17)25-21(22)23-12-13-27-20-7-5-6-19(14-20)24-16(3)26/h5-11,14-15H,4,12-13H2,1-3H3,(H,24,26)(H3,22,23,25). The molecule has 27 heavy (non-hydrogen) atoms. The van der Waals surface area contributed by atoms with Gasteiger partial charge in [-0.25, -0.2) is 4.99 Å². The first-order valence-corrected chi connectivity index (χ1v) is 9.15. The third kappa shape index (κ3) is 7.01. The molecular formula is C21H28N4O2. The summed E-state index contributed by atoms with van der Waals surface area (Å²) in [6.07, 6.45) is 1.12. The van der Waals surface area contributed by atoms with Crippen LogP contribution in [0.1, 0.15) is 38.7 Å². The summed E-state index contributed by atoms with van der Waals surface area (Å²) in [5.41, 5.74) is 8.85. The highest BCUT2D eigenvalue weighted by Gasteiger charge is 2.03. The lowest BCUT2D eigenvalue weighted by Gasteiger charge is -2.11. The Morgan fingerprint density at radius 1 is 1.15 bits per heavy atom. The van der Waals surface area contributed by atoms with Gasteiger partial charge in [-0.3, -0.25) is 4.79 Å². The number of aliphatic imine (C=N–C) groups is 1. The second kappa shape index (κ2) is 10.2. The van der Waals surface area contributed by atoms with E-state index in [-0.39, 0.29) is 5.91 Å². The summed E-state index contributed by atoms with van der Waals surface area (Å²) >= 11 is 0. The monoisotopic (exact) mass is 368 g/mol. The van der Waals surface area contributed by atoms with Crippen molar-refractivity contribution in [3.63, 3.8) is 0 Å². The first-order valence-electron chi connectivity index (χ1n) is 9.15. The van der Waals surface area contributed by atoms with Crippen molar-refractivity contribution in [3.05, 3.63) is 54.1 Å². The van der Waals surface area contributed by atoms with Crippen molar-refractivity contribution >= 4 is 23.2 Å². The van der Waals surface area contributed by atoms with Gasteiger partial charge < -0.3 is 21.1 Å². The molecule has 144 valence electrons. The lowest BCUT2D eigenvalue weighted by molar-refractivity contribution is -0.114. The Morgan fingerprint density at radius 2 is 1.89 bits per heavy atom. The fourth-order valence-electron chi connectivity index (χ4n) is 2.51. The number of nitrogens with one attached hydrogen (secondary N) is 2. The molecule has 0 aromatic heterocycles. The number of nitrogens with zero attached hydrogens (tertiary/aromatic N) is 1. The fourth-order valence-corrected chi connectivity index (χ4v) is 2.51. The molecule has 0 aliphatic carbocycles. The molecule has 0 fully saturated rings. The van der Waals surface area contributed by atoms with Gasteiger partial charge >= 0.3 is 0 Å². The Balaban J connectivity index is 1.80. The molecule has 0 saturated heterocycles. The van der Waals surface area contributed by atoms with E-state index in [9.17, 15) is 4.79 Å². The average Bonchev–Trinajstić information content (AvgIpc) is 2.65. The van der Waals surface area contributed by atoms with E-state index in [0.29, 0.717) is 36.5 Å². The molecule has 1 atom stereocenters. The van der Waals surface area contributed by atoms with Crippen molar-refractivity contribution in [2.24, 2.45) is 10.7 Å². The van der Waals surface area contributed by atoms with Crippen LogP contribution in [0, 0.1) is 0 Å². The number of hydrogen-bond donors (Lipinski definition) is 3. The van der Waals surface area contributed by atoms with Crippen LogP contribution in [0.2, 0.25) is 0 Å². The third-order valence-electron chi connectivity index (χ3n) is 4.16. The van der Waals surface area contributed by atoms with Gasteiger partial charge in [0, 0.05) is 24.4 Å². The second-order valence-corrected chi connectivity index (χ2v) is 6.38. The minimum Gasteiger partial charge on any atom is -0.492 e. The minimum atomic E-state index is -0.118. The summed E-state index contributed by atoms with van der Waals surface area (Å²) in [6.45, 7) is 6.67. The largest absolute Gasteiger partial charge is 0.492 e. The molecule has 1 unspecified atom stereocenters. The SMILES string of the molecule is CCC(C)c1ccc(NC(N)=NCCOc2cccc(NC(C)=O)c2)cc1. The van der Waals surface area contributed by atoms with Gasteiger partial charge in [-0.1, -0.05) is 32.0 Å². The summed E-state index contributed by atoms with van der Waals surface area (Å²) in [6, 6.07) is 15.5. The average molecular weight is 368 g/mol. The van der Waals surface area contributed by atoms with E-state index in [2.05, 4.69) is 41.6 Å². The van der Waals surface area contributed by atoms with Crippen molar-refractivity contribution < 1.29 is 9.53 Å². The summed E-state index contributed by atoms with van der Waals surface area (Å²) in [7, 11) is 0.